The van der Waals surface area contributed by atoms with Gasteiger partial charge in [0.25, 0.3) is 5.82 Å². The van der Waals surface area contributed by atoms with E-state index >= 15 is 0 Å². The van der Waals surface area contributed by atoms with E-state index in [-0.39, 0.29) is 5.78 Å². The predicted molar refractivity (Wildman–Crippen MR) is 109 cm³/mol. The van der Waals surface area contributed by atoms with E-state index in [2.05, 4.69) is 22.3 Å². The van der Waals surface area contributed by atoms with Crippen molar-refractivity contribution in [3.05, 3.63) is 75.7 Å². The smallest absolute Gasteiger partial charge is 0.257 e. The minimum absolute atomic E-state index is 0.128. The van der Waals surface area contributed by atoms with Gasteiger partial charge in [-0.15, -0.1) is 0 Å². The Morgan fingerprint density at radius 1 is 1.11 bits per heavy atom. The van der Waals surface area contributed by atoms with Gasteiger partial charge < -0.3 is 0 Å². The maximum Gasteiger partial charge on any atom is 0.257 e. The number of carbonyl (C=O) groups excluding carboxylic acids is 1. The van der Waals surface area contributed by atoms with Crippen LogP contribution >= 0.6 is 23.2 Å². The molecule has 3 nitrogen and oxygen atoms in total. The molecule has 0 fully saturated rings. The Labute approximate surface area is 169 Å². The highest BCUT2D eigenvalue weighted by atomic mass is 35.5. The number of hydrogen-bond acceptors (Lipinski definition) is 1. The molecule has 2 heterocycles. The fourth-order valence-corrected chi connectivity index (χ4v) is 4.00. The monoisotopic (exact) mass is 399 g/mol. The number of benzene rings is 2. The van der Waals surface area contributed by atoms with Gasteiger partial charge in [0.2, 0.25) is 5.78 Å². The van der Waals surface area contributed by atoms with E-state index in [1.807, 2.05) is 42.5 Å². The molecule has 138 valence electrons. The molecule has 2 aromatic carbocycles. The molecule has 0 amide bonds. The number of imidazole rings is 1. The summed E-state index contributed by atoms with van der Waals surface area (Å²) >= 11 is 12.3. The average Bonchev–Trinajstić information content (AvgIpc) is 3.28. The second kappa shape index (κ2) is 7.49. The first-order valence-corrected chi connectivity index (χ1v) is 10.0. The third-order valence-electron chi connectivity index (χ3n) is 5.21. The third kappa shape index (κ3) is 3.54. The Bertz CT molecular complexity index is 1010. The average molecular weight is 400 g/mol. The van der Waals surface area contributed by atoms with Crippen LogP contribution in [0.2, 0.25) is 10.0 Å². The van der Waals surface area contributed by atoms with Crippen LogP contribution < -0.4 is 4.57 Å². The molecular weight excluding hydrogens is 379 g/mol. The number of aromatic nitrogens is 2. The number of fused-ring (bicyclic) bond motifs is 1. The summed E-state index contributed by atoms with van der Waals surface area (Å²) < 4.78 is 4.37. The lowest BCUT2D eigenvalue weighted by atomic mass is 10.1. The number of Topliss-reactive ketones (excluding diaryl/α,β-unsaturated/α-hetero) is 1. The van der Waals surface area contributed by atoms with Gasteiger partial charge in [-0.2, -0.15) is 0 Å². The van der Waals surface area contributed by atoms with Crippen molar-refractivity contribution in [3.8, 4) is 11.3 Å². The molecule has 0 atom stereocenters. The van der Waals surface area contributed by atoms with Gasteiger partial charge in [0, 0.05) is 11.1 Å². The van der Waals surface area contributed by atoms with Crippen molar-refractivity contribution < 1.29 is 9.36 Å². The van der Waals surface area contributed by atoms with Crippen LogP contribution in [0.5, 0.6) is 0 Å². The zero-order valence-corrected chi connectivity index (χ0v) is 16.7. The molecule has 1 aliphatic heterocycles. The maximum absolute atomic E-state index is 12.8. The highest BCUT2D eigenvalue weighted by molar-refractivity contribution is 6.42. The molecule has 0 saturated carbocycles. The number of hydrogen-bond donors (Lipinski definition) is 0. The molecule has 27 heavy (non-hydrogen) atoms. The largest absolute Gasteiger partial charge is 0.290 e. The van der Waals surface area contributed by atoms with Crippen LogP contribution in [-0.2, 0) is 25.9 Å². The van der Waals surface area contributed by atoms with Crippen LogP contribution in [0.3, 0.4) is 0 Å². The van der Waals surface area contributed by atoms with Gasteiger partial charge in [-0.05, 0) is 36.6 Å². The lowest BCUT2D eigenvalue weighted by molar-refractivity contribution is -0.689. The summed E-state index contributed by atoms with van der Waals surface area (Å²) in [4.78, 5) is 12.8. The van der Waals surface area contributed by atoms with Crippen LogP contribution in [0, 0.1) is 0 Å². The number of halogens is 2. The lowest BCUT2D eigenvalue weighted by Crippen LogP contribution is -2.40. The van der Waals surface area contributed by atoms with Gasteiger partial charge in [-0.25, -0.2) is 9.13 Å². The van der Waals surface area contributed by atoms with Crippen molar-refractivity contribution in [2.24, 2.45) is 0 Å². The Morgan fingerprint density at radius 3 is 2.59 bits per heavy atom. The van der Waals surface area contributed by atoms with Gasteiger partial charge in [0.15, 0.2) is 12.2 Å². The minimum atomic E-state index is 0.128. The second-order valence-electron chi connectivity index (χ2n) is 6.92. The number of rotatable bonds is 5. The molecule has 3 aromatic rings. The number of aryl methyl sites for hydroxylation is 1. The van der Waals surface area contributed by atoms with Crippen LogP contribution in [0.4, 0.5) is 0 Å². The van der Waals surface area contributed by atoms with Crippen molar-refractivity contribution in [1.29, 1.82) is 0 Å². The Balaban J connectivity index is 1.65. The molecule has 0 unspecified atom stereocenters. The van der Waals surface area contributed by atoms with Crippen LogP contribution in [0.25, 0.3) is 11.3 Å². The highest BCUT2D eigenvalue weighted by Crippen LogP contribution is 2.30. The molecule has 4 rings (SSSR count). The fraction of sp³-hybridized carbons (Fsp3) is 0.273. The van der Waals surface area contributed by atoms with Crippen molar-refractivity contribution >= 4 is 29.0 Å². The molecule has 1 aromatic heterocycles. The van der Waals surface area contributed by atoms with Crippen molar-refractivity contribution in [3.63, 3.8) is 0 Å². The van der Waals surface area contributed by atoms with Crippen molar-refractivity contribution in [2.45, 2.75) is 39.3 Å². The third-order valence-corrected chi connectivity index (χ3v) is 5.95. The Kier molecular flexibility index (Phi) is 5.07. The molecule has 0 spiro atoms. The summed E-state index contributed by atoms with van der Waals surface area (Å²) in [7, 11) is 0. The number of ketones is 1. The minimum Gasteiger partial charge on any atom is -0.290 e. The van der Waals surface area contributed by atoms with Crippen LogP contribution in [0.1, 0.15) is 35.1 Å². The summed E-state index contributed by atoms with van der Waals surface area (Å²) in [6, 6.07) is 13.6. The summed E-state index contributed by atoms with van der Waals surface area (Å²) in [5.74, 6) is 1.32. The summed E-state index contributed by atoms with van der Waals surface area (Å²) in [5.41, 5.74) is 4.10. The number of nitrogens with zero attached hydrogens (tertiary/aromatic N) is 2. The Morgan fingerprint density at radius 2 is 1.89 bits per heavy atom. The molecule has 0 radical (unpaired) electrons. The zero-order valence-electron chi connectivity index (χ0n) is 15.2. The topological polar surface area (TPSA) is 25.9 Å². The quantitative estimate of drug-likeness (QED) is 0.430. The van der Waals surface area contributed by atoms with Crippen molar-refractivity contribution in [2.75, 3.05) is 0 Å². The molecule has 0 bridgehead atoms. The normalized spacial score (nSPS) is 13.0. The zero-order chi connectivity index (χ0) is 19.0. The van der Waals surface area contributed by atoms with E-state index in [1.165, 1.54) is 11.4 Å². The first kappa shape index (κ1) is 18.3. The fourth-order valence-electron chi connectivity index (χ4n) is 3.70. The van der Waals surface area contributed by atoms with Gasteiger partial charge in [0.05, 0.1) is 23.0 Å². The summed E-state index contributed by atoms with van der Waals surface area (Å²) in [6.07, 6.45) is 5.10. The van der Waals surface area contributed by atoms with Crippen LogP contribution in [0.15, 0.2) is 48.7 Å². The summed E-state index contributed by atoms with van der Waals surface area (Å²) in [5, 5.41) is 1.09. The van der Waals surface area contributed by atoms with Gasteiger partial charge in [-0.1, -0.05) is 54.4 Å². The van der Waals surface area contributed by atoms with Gasteiger partial charge in [0.1, 0.15) is 6.20 Å². The van der Waals surface area contributed by atoms with E-state index in [0.29, 0.717) is 16.6 Å². The molecule has 0 N–H and O–H groups in total. The van der Waals surface area contributed by atoms with E-state index in [4.69, 9.17) is 23.2 Å². The van der Waals surface area contributed by atoms with E-state index in [0.717, 1.165) is 42.6 Å². The second-order valence-corrected chi connectivity index (χ2v) is 7.73. The number of carbonyl (C=O) groups is 1. The van der Waals surface area contributed by atoms with Crippen LogP contribution in [-0.4, -0.2) is 10.4 Å². The standard InChI is InChI=1S/C22H21Cl2N2O/c1-2-15-5-7-16(8-6-15)21(27)14-25-13-20(26-11-3-4-22(25)26)17-9-10-18(23)19(24)12-17/h5-10,12-13H,2-4,11,14H2,1H3/q+1. The Hall–Kier alpha value is -2.10. The predicted octanol–water partition coefficient (Wildman–Crippen LogP) is 5.14. The SMILES string of the molecule is CCc1ccc(C(=O)C[n+]2cc(-c3ccc(Cl)c(Cl)c3)n3c2CCC3)cc1. The first-order chi connectivity index (χ1) is 13.1. The van der Waals surface area contributed by atoms with E-state index in [1.54, 1.807) is 0 Å². The lowest BCUT2D eigenvalue weighted by Gasteiger charge is -2.02. The highest BCUT2D eigenvalue weighted by Gasteiger charge is 2.30. The maximum atomic E-state index is 12.8. The van der Waals surface area contributed by atoms with E-state index in [9.17, 15) is 4.79 Å². The molecule has 0 saturated heterocycles. The molecule has 0 aliphatic carbocycles. The first-order valence-electron chi connectivity index (χ1n) is 9.26. The van der Waals surface area contributed by atoms with Gasteiger partial charge >= 0.3 is 0 Å². The molecule has 1 aliphatic rings. The van der Waals surface area contributed by atoms with Gasteiger partial charge in [-0.3, -0.25) is 4.79 Å². The molecule has 5 heteroatoms. The van der Waals surface area contributed by atoms with E-state index < -0.39 is 0 Å². The van der Waals surface area contributed by atoms with Crippen molar-refractivity contribution in [1.82, 2.24) is 4.57 Å². The molecular formula is C22H21Cl2N2O+. The summed E-state index contributed by atoms with van der Waals surface area (Å²) in [6.45, 7) is 3.42.